The van der Waals surface area contributed by atoms with E-state index in [-0.39, 0.29) is 11.8 Å². The molecule has 0 saturated heterocycles. The summed E-state index contributed by atoms with van der Waals surface area (Å²) in [7, 11) is 1.60. The van der Waals surface area contributed by atoms with Gasteiger partial charge in [-0.15, -0.1) is 0 Å². The average Bonchev–Trinajstić information content (AvgIpc) is 3.50. The quantitative estimate of drug-likeness (QED) is 0.863. The molecule has 0 atom stereocenters. The van der Waals surface area contributed by atoms with Gasteiger partial charge in [0.1, 0.15) is 11.2 Å². The topological polar surface area (TPSA) is 58.6 Å². The van der Waals surface area contributed by atoms with E-state index < -0.39 is 5.41 Å². The molecule has 1 aliphatic carbocycles. The summed E-state index contributed by atoms with van der Waals surface area (Å²) in [4.78, 5) is 27.7. The molecule has 0 bridgehead atoms. The summed E-state index contributed by atoms with van der Waals surface area (Å²) < 4.78 is 5.13. The molecule has 4 rings (SSSR count). The second-order valence-corrected chi connectivity index (χ2v) is 7.01. The van der Waals surface area contributed by atoms with Crippen LogP contribution in [0.3, 0.4) is 0 Å². The van der Waals surface area contributed by atoms with Gasteiger partial charge in [-0.2, -0.15) is 0 Å². The number of hydrogen-bond acceptors (Lipinski definition) is 3. The molecule has 1 saturated carbocycles. The van der Waals surface area contributed by atoms with E-state index in [1.54, 1.807) is 31.4 Å². The zero-order valence-electron chi connectivity index (χ0n) is 14.8. The first kappa shape index (κ1) is 16.6. The van der Waals surface area contributed by atoms with Crippen LogP contribution in [0.4, 0.5) is 5.69 Å². The third kappa shape index (κ3) is 2.94. The third-order valence-electron chi connectivity index (χ3n) is 5.36. The minimum Gasteiger partial charge on any atom is -0.497 e. The molecule has 0 aromatic heterocycles. The van der Waals surface area contributed by atoms with Crippen LogP contribution in [0.15, 0.2) is 48.5 Å². The van der Waals surface area contributed by atoms with Crippen LogP contribution in [0.25, 0.3) is 0 Å². The average molecular weight is 350 g/mol. The van der Waals surface area contributed by atoms with Crippen molar-refractivity contribution in [2.75, 3.05) is 19.0 Å². The van der Waals surface area contributed by atoms with E-state index in [0.29, 0.717) is 31.6 Å². The number of amides is 2. The fraction of sp³-hybridized carbons (Fsp3) is 0.333. The van der Waals surface area contributed by atoms with E-state index in [9.17, 15) is 9.59 Å². The Morgan fingerprint density at radius 1 is 1.04 bits per heavy atom. The summed E-state index contributed by atoms with van der Waals surface area (Å²) in [6, 6.07) is 15.4. The predicted octanol–water partition coefficient (Wildman–Crippen LogP) is 3.00. The highest BCUT2D eigenvalue weighted by atomic mass is 16.5. The number of ether oxygens (including phenoxy) is 1. The lowest BCUT2D eigenvalue weighted by molar-refractivity contribution is -0.143. The van der Waals surface area contributed by atoms with E-state index in [2.05, 4.69) is 17.4 Å². The largest absolute Gasteiger partial charge is 0.497 e. The molecule has 134 valence electrons. The van der Waals surface area contributed by atoms with Gasteiger partial charge in [0.05, 0.1) is 7.11 Å². The maximum Gasteiger partial charge on any atom is 0.240 e. The number of carbonyl (C=O) groups is 2. The highest BCUT2D eigenvalue weighted by Crippen LogP contribution is 2.48. The molecule has 2 amide bonds. The second-order valence-electron chi connectivity index (χ2n) is 7.01. The summed E-state index contributed by atoms with van der Waals surface area (Å²) in [5.41, 5.74) is 2.26. The van der Waals surface area contributed by atoms with Crippen LogP contribution in [0.5, 0.6) is 5.75 Å². The molecule has 5 heteroatoms. The lowest BCUT2D eigenvalue weighted by Gasteiger charge is -2.31. The monoisotopic (exact) mass is 350 g/mol. The number of carbonyl (C=O) groups excluding carboxylic acids is 2. The molecular formula is C21H22N2O3. The Morgan fingerprint density at radius 3 is 2.38 bits per heavy atom. The van der Waals surface area contributed by atoms with Gasteiger partial charge < -0.3 is 15.0 Å². The molecule has 5 nitrogen and oxygen atoms in total. The van der Waals surface area contributed by atoms with Gasteiger partial charge >= 0.3 is 0 Å². The Balaban J connectivity index is 1.46. The number of hydrogen-bond donors (Lipinski definition) is 1. The summed E-state index contributed by atoms with van der Waals surface area (Å²) in [6.07, 6.45) is 2.08. The van der Waals surface area contributed by atoms with Crippen LogP contribution in [-0.4, -0.2) is 30.4 Å². The van der Waals surface area contributed by atoms with Gasteiger partial charge in [-0.1, -0.05) is 24.3 Å². The number of nitrogens with zero attached hydrogens (tertiary/aromatic N) is 1. The maximum atomic E-state index is 13.1. The van der Waals surface area contributed by atoms with Crippen molar-refractivity contribution in [1.82, 2.24) is 4.90 Å². The standard InChI is InChI=1S/C21H22N2O3/c1-26-18-8-6-17(7-9-18)22-19(24)21(11-12-21)20(25)23-13-10-15-4-2-3-5-16(15)14-23/h2-9H,10-14H2,1H3,(H,22,24). The van der Waals surface area contributed by atoms with Gasteiger partial charge in [-0.3, -0.25) is 9.59 Å². The highest BCUT2D eigenvalue weighted by molar-refractivity contribution is 6.13. The fourth-order valence-corrected chi connectivity index (χ4v) is 3.56. The van der Waals surface area contributed by atoms with E-state index in [0.717, 1.165) is 12.2 Å². The smallest absolute Gasteiger partial charge is 0.240 e. The number of benzene rings is 2. The lowest BCUT2D eigenvalue weighted by Crippen LogP contribution is -2.45. The van der Waals surface area contributed by atoms with Crippen molar-refractivity contribution < 1.29 is 14.3 Å². The molecule has 2 aromatic rings. The molecule has 26 heavy (non-hydrogen) atoms. The predicted molar refractivity (Wildman–Crippen MR) is 98.9 cm³/mol. The van der Waals surface area contributed by atoms with Crippen molar-refractivity contribution in [2.24, 2.45) is 5.41 Å². The number of anilines is 1. The van der Waals surface area contributed by atoms with Gasteiger partial charge in [0.25, 0.3) is 0 Å². The van der Waals surface area contributed by atoms with Crippen molar-refractivity contribution in [2.45, 2.75) is 25.8 Å². The van der Waals surface area contributed by atoms with Crippen molar-refractivity contribution in [3.8, 4) is 5.75 Å². The molecule has 1 aliphatic heterocycles. The molecule has 0 radical (unpaired) electrons. The van der Waals surface area contributed by atoms with Crippen LogP contribution >= 0.6 is 0 Å². The van der Waals surface area contributed by atoms with Crippen molar-refractivity contribution >= 4 is 17.5 Å². The third-order valence-corrected chi connectivity index (χ3v) is 5.36. The van der Waals surface area contributed by atoms with Crippen LogP contribution in [0, 0.1) is 5.41 Å². The van der Waals surface area contributed by atoms with Gasteiger partial charge in [-0.05, 0) is 54.7 Å². The van der Waals surface area contributed by atoms with Crippen LogP contribution in [-0.2, 0) is 22.6 Å². The molecule has 0 spiro atoms. The first-order valence-corrected chi connectivity index (χ1v) is 8.94. The Morgan fingerprint density at radius 2 is 1.73 bits per heavy atom. The van der Waals surface area contributed by atoms with Gasteiger partial charge in [-0.25, -0.2) is 0 Å². The Kier molecular flexibility index (Phi) is 4.15. The Hall–Kier alpha value is -2.82. The number of methoxy groups -OCH3 is 1. The van der Waals surface area contributed by atoms with Gasteiger partial charge in [0, 0.05) is 18.8 Å². The molecule has 0 unspecified atom stereocenters. The summed E-state index contributed by atoms with van der Waals surface area (Å²) in [5, 5.41) is 2.89. The molecular weight excluding hydrogens is 328 g/mol. The van der Waals surface area contributed by atoms with Gasteiger partial charge in [0.15, 0.2) is 0 Å². The molecule has 2 aliphatic rings. The molecule has 2 aromatic carbocycles. The fourth-order valence-electron chi connectivity index (χ4n) is 3.56. The minimum atomic E-state index is -0.897. The number of fused-ring (bicyclic) bond motifs is 1. The van der Waals surface area contributed by atoms with Crippen LogP contribution in [0.2, 0.25) is 0 Å². The van der Waals surface area contributed by atoms with Crippen LogP contribution in [0.1, 0.15) is 24.0 Å². The molecule has 1 fully saturated rings. The first-order valence-electron chi connectivity index (χ1n) is 8.94. The van der Waals surface area contributed by atoms with E-state index >= 15 is 0 Å². The van der Waals surface area contributed by atoms with Crippen molar-refractivity contribution in [1.29, 1.82) is 0 Å². The summed E-state index contributed by atoms with van der Waals surface area (Å²) >= 11 is 0. The SMILES string of the molecule is COc1ccc(NC(=O)C2(C(=O)N3CCc4ccccc4C3)CC2)cc1. The maximum absolute atomic E-state index is 13.1. The van der Waals surface area contributed by atoms with E-state index in [1.807, 2.05) is 17.0 Å². The highest BCUT2D eigenvalue weighted by Gasteiger charge is 2.58. The van der Waals surface area contributed by atoms with E-state index in [1.165, 1.54) is 11.1 Å². The molecule has 1 N–H and O–H groups in total. The van der Waals surface area contributed by atoms with E-state index in [4.69, 9.17) is 4.74 Å². The zero-order chi connectivity index (χ0) is 18.1. The van der Waals surface area contributed by atoms with Crippen molar-refractivity contribution in [3.63, 3.8) is 0 Å². The summed E-state index contributed by atoms with van der Waals surface area (Å²) in [6.45, 7) is 1.26. The first-order chi connectivity index (χ1) is 12.6. The van der Waals surface area contributed by atoms with Crippen LogP contribution < -0.4 is 10.1 Å². The Bertz CT molecular complexity index is 841. The number of nitrogens with one attached hydrogen (secondary N) is 1. The number of rotatable bonds is 4. The van der Waals surface area contributed by atoms with Gasteiger partial charge in [0.2, 0.25) is 11.8 Å². The normalized spacial score (nSPS) is 17.2. The second kappa shape index (κ2) is 6.48. The zero-order valence-corrected chi connectivity index (χ0v) is 14.8. The lowest BCUT2D eigenvalue weighted by atomic mass is 9.97. The van der Waals surface area contributed by atoms with Crippen molar-refractivity contribution in [3.05, 3.63) is 59.7 Å². The minimum absolute atomic E-state index is 0.0435. The summed E-state index contributed by atoms with van der Waals surface area (Å²) in [5.74, 6) is 0.483. The molecule has 1 heterocycles. The Labute approximate surface area is 153 Å².